The number of fused-ring (bicyclic) bond motifs is 1. The third-order valence-corrected chi connectivity index (χ3v) is 6.50. The van der Waals surface area contributed by atoms with E-state index in [-0.39, 0.29) is 6.42 Å². The SMILES string of the molecule is Cc1ccc2oc(=O)c(CC(CCc3ccc(OCCN4CCNCC4)cc3)C(=O)NO)cc2c1. The number of hydrogen-bond acceptors (Lipinski definition) is 7. The number of ether oxygens (including phenoxy) is 1. The Bertz CT molecular complexity index is 1190. The molecule has 1 aromatic heterocycles. The number of piperazine rings is 1. The van der Waals surface area contributed by atoms with E-state index in [0.717, 1.165) is 55.0 Å². The summed E-state index contributed by atoms with van der Waals surface area (Å²) in [5, 5.41) is 13.4. The molecule has 1 saturated heterocycles. The van der Waals surface area contributed by atoms with Crippen LogP contribution in [0.4, 0.5) is 0 Å². The van der Waals surface area contributed by atoms with Gasteiger partial charge < -0.3 is 14.5 Å². The van der Waals surface area contributed by atoms with Gasteiger partial charge in [-0.15, -0.1) is 0 Å². The van der Waals surface area contributed by atoms with Crippen molar-refractivity contribution in [1.29, 1.82) is 0 Å². The van der Waals surface area contributed by atoms with Crippen LogP contribution in [-0.4, -0.2) is 55.3 Å². The van der Waals surface area contributed by atoms with Crippen LogP contribution in [0.2, 0.25) is 0 Å². The molecule has 1 unspecified atom stereocenters. The highest BCUT2D eigenvalue weighted by Crippen LogP contribution is 2.20. The fraction of sp³-hybridized carbons (Fsp3) is 0.407. The van der Waals surface area contributed by atoms with E-state index in [1.807, 2.05) is 43.3 Å². The van der Waals surface area contributed by atoms with Crippen molar-refractivity contribution in [3.63, 3.8) is 0 Å². The number of benzene rings is 2. The van der Waals surface area contributed by atoms with Crippen LogP contribution in [0.25, 0.3) is 11.0 Å². The number of aryl methyl sites for hydroxylation is 2. The van der Waals surface area contributed by atoms with Gasteiger partial charge in [0.05, 0.1) is 0 Å². The molecule has 2 aromatic carbocycles. The molecule has 0 bridgehead atoms. The zero-order chi connectivity index (χ0) is 24.6. The van der Waals surface area contributed by atoms with Crippen molar-refractivity contribution in [2.75, 3.05) is 39.3 Å². The summed E-state index contributed by atoms with van der Waals surface area (Å²) >= 11 is 0. The summed E-state index contributed by atoms with van der Waals surface area (Å²) in [6, 6.07) is 15.2. The maximum absolute atomic E-state index is 12.5. The Morgan fingerprint density at radius 3 is 2.69 bits per heavy atom. The first kappa shape index (κ1) is 24.9. The molecule has 1 fully saturated rings. The van der Waals surface area contributed by atoms with Crippen LogP contribution in [0, 0.1) is 12.8 Å². The van der Waals surface area contributed by atoms with Crippen molar-refractivity contribution in [3.8, 4) is 5.75 Å². The predicted molar refractivity (Wildman–Crippen MR) is 134 cm³/mol. The van der Waals surface area contributed by atoms with Crippen molar-refractivity contribution in [2.45, 2.75) is 26.2 Å². The third-order valence-electron chi connectivity index (χ3n) is 6.50. The zero-order valence-corrected chi connectivity index (χ0v) is 20.1. The first-order valence-corrected chi connectivity index (χ1v) is 12.1. The van der Waals surface area contributed by atoms with Gasteiger partial charge in [0.25, 0.3) is 0 Å². The Balaban J connectivity index is 1.34. The lowest BCUT2D eigenvalue weighted by Gasteiger charge is -2.26. The van der Waals surface area contributed by atoms with Crippen LogP contribution in [-0.2, 0) is 17.6 Å². The molecule has 0 radical (unpaired) electrons. The Morgan fingerprint density at radius 1 is 1.17 bits per heavy atom. The summed E-state index contributed by atoms with van der Waals surface area (Å²) in [4.78, 5) is 27.2. The summed E-state index contributed by atoms with van der Waals surface area (Å²) in [6.45, 7) is 7.66. The van der Waals surface area contributed by atoms with E-state index in [0.29, 0.717) is 30.6 Å². The smallest absolute Gasteiger partial charge is 0.339 e. The highest BCUT2D eigenvalue weighted by Gasteiger charge is 2.21. The summed E-state index contributed by atoms with van der Waals surface area (Å²) in [7, 11) is 0. The van der Waals surface area contributed by atoms with Gasteiger partial charge in [-0.2, -0.15) is 0 Å². The van der Waals surface area contributed by atoms with Crippen LogP contribution in [0.3, 0.4) is 0 Å². The minimum absolute atomic E-state index is 0.186. The van der Waals surface area contributed by atoms with E-state index in [4.69, 9.17) is 9.15 Å². The summed E-state index contributed by atoms with van der Waals surface area (Å²) in [5.41, 5.74) is 4.33. The molecule has 3 N–H and O–H groups in total. The van der Waals surface area contributed by atoms with Gasteiger partial charge in [0, 0.05) is 49.6 Å². The standard InChI is InChI=1S/C27H33N3O5/c1-19-2-9-25-22(16-19)18-23(27(32)35-25)17-21(26(31)29-33)6-3-20-4-7-24(8-5-20)34-15-14-30-12-10-28-11-13-30/h2,4-5,7-9,16,18,21,28,33H,3,6,10-15,17H2,1H3,(H,29,31). The van der Waals surface area contributed by atoms with E-state index >= 15 is 0 Å². The fourth-order valence-electron chi connectivity index (χ4n) is 4.43. The minimum Gasteiger partial charge on any atom is -0.492 e. The van der Waals surface area contributed by atoms with E-state index in [2.05, 4.69) is 10.2 Å². The second-order valence-corrected chi connectivity index (χ2v) is 9.10. The number of hydroxylamine groups is 1. The number of hydrogen-bond donors (Lipinski definition) is 3. The van der Waals surface area contributed by atoms with Crippen LogP contribution < -0.4 is 21.2 Å². The molecule has 4 rings (SSSR count). The lowest BCUT2D eigenvalue weighted by molar-refractivity contribution is -0.133. The third kappa shape index (κ3) is 6.91. The van der Waals surface area contributed by atoms with Crippen LogP contribution >= 0.6 is 0 Å². The first-order valence-electron chi connectivity index (χ1n) is 12.1. The monoisotopic (exact) mass is 479 g/mol. The van der Waals surface area contributed by atoms with Crippen molar-refractivity contribution >= 4 is 16.9 Å². The van der Waals surface area contributed by atoms with Gasteiger partial charge in [0.15, 0.2) is 0 Å². The van der Waals surface area contributed by atoms with Gasteiger partial charge in [0.1, 0.15) is 17.9 Å². The van der Waals surface area contributed by atoms with Gasteiger partial charge in [-0.05, 0) is 62.1 Å². The maximum atomic E-state index is 12.5. The second kappa shape index (κ2) is 12.0. The number of amides is 1. The highest BCUT2D eigenvalue weighted by atomic mass is 16.5. The molecule has 0 aliphatic carbocycles. The second-order valence-electron chi connectivity index (χ2n) is 9.10. The van der Waals surface area contributed by atoms with Gasteiger partial charge in [-0.3, -0.25) is 14.9 Å². The van der Waals surface area contributed by atoms with Gasteiger partial charge in [-0.1, -0.05) is 23.8 Å². The van der Waals surface area contributed by atoms with E-state index < -0.39 is 17.5 Å². The molecule has 186 valence electrons. The summed E-state index contributed by atoms with van der Waals surface area (Å²) < 4.78 is 11.3. The topological polar surface area (TPSA) is 104 Å². The van der Waals surface area contributed by atoms with Crippen molar-refractivity contribution in [3.05, 3.63) is 75.6 Å². The number of carbonyl (C=O) groups excluding carboxylic acids is 1. The average molecular weight is 480 g/mol. The lowest BCUT2D eigenvalue weighted by Crippen LogP contribution is -2.44. The molecule has 35 heavy (non-hydrogen) atoms. The molecule has 1 aliphatic rings. The number of nitrogens with zero attached hydrogens (tertiary/aromatic N) is 1. The number of rotatable bonds is 10. The van der Waals surface area contributed by atoms with Gasteiger partial charge in [-0.25, -0.2) is 10.3 Å². The Hall–Kier alpha value is -3.20. The number of carbonyl (C=O) groups is 1. The molecule has 1 aliphatic heterocycles. The zero-order valence-electron chi connectivity index (χ0n) is 20.1. The largest absolute Gasteiger partial charge is 0.492 e. The average Bonchev–Trinajstić information content (AvgIpc) is 2.88. The van der Waals surface area contributed by atoms with Gasteiger partial charge in [0.2, 0.25) is 5.91 Å². The van der Waals surface area contributed by atoms with Crippen molar-refractivity contribution < 1.29 is 19.2 Å². The minimum atomic E-state index is -0.569. The lowest BCUT2D eigenvalue weighted by atomic mass is 9.92. The Labute approximate surface area is 204 Å². The molecular formula is C27H33N3O5. The quantitative estimate of drug-likeness (QED) is 0.233. The Kier molecular flexibility index (Phi) is 8.52. The first-order chi connectivity index (χ1) is 17.0. The molecule has 1 amide bonds. The molecule has 8 nitrogen and oxygen atoms in total. The van der Waals surface area contributed by atoms with E-state index in [1.165, 1.54) is 0 Å². The van der Waals surface area contributed by atoms with E-state index in [9.17, 15) is 14.8 Å². The highest BCUT2D eigenvalue weighted by molar-refractivity contribution is 5.79. The molecule has 1 atom stereocenters. The summed E-state index contributed by atoms with van der Waals surface area (Å²) in [5.74, 6) is -0.265. The Morgan fingerprint density at radius 2 is 1.94 bits per heavy atom. The van der Waals surface area contributed by atoms with Crippen molar-refractivity contribution in [1.82, 2.24) is 15.7 Å². The fourth-order valence-corrected chi connectivity index (χ4v) is 4.43. The predicted octanol–water partition coefficient (Wildman–Crippen LogP) is 2.68. The van der Waals surface area contributed by atoms with Crippen LogP contribution in [0.15, 0.2) is 57.7 Å². The number of nitrogens with one attached hydrogen (secondary N) is 2. The molecule has 0 spiro atoms. The van der Waals surface area contributed by atoms with Crippen LogP contribution in [0.1, 0.15) is 23.1 Å². The van der Waals surface area contributed by atoms with E-state index in [1.54, 1.807) is 17.6 Å². The van der Waals surface area contributed by atoms with Gasteiger partial charge >= 0.3 is 5.63 Å². The molecule has 8 heteroatoms. The summed E-state index contributed by atoms with van der Waals surface area (Å²) in [6.07, 6.45) is 1.28. The van der Waals surface area contributed by atoms with Crippen molar-refractivity contribution in [2.24, 2.45) is 5.92 Å². The normalized spacial score (nSPS) is 15.1. The maximum Gasteiger partial charge on any atom is 0.339 e. The molecule has 3 aromatic rings. The van der Waals surface area contributed by atoms with Crippen LogP contribution in [0.5, 0.6) is 5.75 Å². The molecule has 2 heterocycles. The molecule has 0 saturated carbocycles. The molecular weight excluding hydrogens is 446 g/mol.